The lowest BCUT2D eigenvalue weighted by molar-refractivity contribution is -0.210. The SMILES string of the molecule is COc1cccc([C@H]2C[C@@](O)(CNC(=O)c3cccnn3)[C@H](O)[C@@H](C)O2)c1. The number of aliphatic hydroxyl groups is 2. The third kappa shape index (κ3) is 4.24. The first-order valence-corrected chi connectivity index (χ1v) is 8.69. The van der Waals surface area contributed by atoms with Crippen LogP contribution in [0.4, 0.5) is 0 Å². The maximum Gasteiger partial charge on any atom is 0.271 e. The summed E-state index contributed by atoms with van der Waals surface area (Å²) in [4.78, 5) is 12.2. The summed E-state index contributed by atoms with van der Waals surface area (Å²) in [7, 11) is 1.57. The lowest BCUT2D eigenvalue weighted by atomic mass is 9.82. The van der Waals surface area contributed by atoms with Gasteiger partial charge in [0.1, 0.15) is 17.5 Å². The van der Waals surface area contributed by atoms with E-state index in [0.29, 0.717) is 5.75 Å². The third-order valence-corrected chi connectivity index (χ3v) is 4.74. The van der Waals surface area contributed by atoms with Crippen molar-refractivity contribution in [3.63, 3.8) is 0 Å². The van der Waals surface area contributed by atoms with Gasteiger partial charge in [-0.15, -0.1) is 5.10 Å². The minimum Gasteiger partial charge on any atom is -0.497 e. The number of amides is 1. The Morgan fingerprint density at radius 1 is 1.41 bits per heavy atom. The number of aliphatic hydroxyl groups excluding tert-OH is 1. The van der Waals surface area contributed by atoms with Crippen LogP contribution in [-0.4, -0.2) is 57.8 Å². The second kappa shape index (κ2) is 7.99. The number of hydrogen-bond donors (Lipinski definition) is 3. The Hall–Kier alpha value is -2.55. The minimum atomic E-state index is -1.55. The molecular weight excluding hydrogens is 350 g/mol. The number of aromatic nitrogens is 2. The van der Waals surface area contributed by atoms with Gasteiger partial charge in [-0.05, 0) is 36.8 Å². The molecule has 2 aromatic rings. The maximum absolute atomic E-state index is 12.2. The van der Waals surface area contributed by atoms with Gasteiger partial charge in [-0.25, -0.2) is 0 Å². The van der Waals surface area contributed by atoms with Crippen LogP contribution in [-0.2, 0) is 4.74 Å². The van der Waals surface area contributed by atoms with E-state index in [9.17, 15) is 15.0 Å². The van der Waals surface area contributed by atoms with Crippen LogP contribution in [0.1, 0.15) is 35.5 Å². The lowest BCUT2D eigenvalue weighted by Crippen LogP contribution is -2.59. The molecule has 4 atom stereocenters. The number of carbonyl (C=O) groups excluding carboxylic acids is 1. The van der Waals surface area contributed by atoms with Crippen molar-refractivity contribution >= 4 is 5.91 Å². The van der Waals surface area contributed by atoms with Gasteiger partial charge < -0.3 is 25.0 Å². The van der Waals surface area contributed by atoms with E-state index >= 15 is 0 Å². The third-order valence-electron chi connectivity index (χ3n) is 4.74. The van der Waals surface area contributed by atoms with Crippen molar-refractivity contribution in [1.82, 2.24) is 15.5 Å². The molecule has 8 nitrogen and oxygen atoms in total. The number of methoxy groups -OCH3 is 1. The number of nitrogens with one attached hydrogen (secondary N) is 1. The van der Waals surface area contributed by atoms with Crippen molar-refractivity contribution in [3.8, 4) is 5.75 Å². The van der Waals surface area contributed by atoms with Crippen LogP contribution in [0.15, 0.2) is 42.6 Å². The van der Waals surface area contributed by atoms with Crippen molar-refractivity contribution in [2.75, 3.05) is 13.7 Å². The Bertz CT molecular complexity index is 788. The maximum atomic E-state index is 12.2. The molecule has 1 aliphatic heterocycles. The predicted octanol–water partition coefficient (Wildman–Crippen LogP) is 0.857. The van der Waals surface area contributed by atoms with Gasteiger partial charge in [0.15, 0.2) is 5.69 Å². The smallest absolute Gasteiger partial charge is 0.271 e. The molecule has 1 fully saturated rings. The van der Waals surface area contributed by atoms with Gasteiger partial charge in [-0.2, -0.15) is 5.10 Å². The molecule has 27 heavy (non-hydrogen) atoms. The summed E-state index contributed by atoms with van der Waals surface area (Å²) < 4.78 is 11.1. The lowest BCUT2D eigenvalue weighted by Gasteiger charge is -2.44. The summed E-state index contributed by atoms with van der Waals surface area (Å²) in [5.74, 6) is 0.204. The van der Waals surface area contributed by atoms with Crippen molar-refractivity contribution < 1.29 is 24.5 Å². The van der Waals surface area contributed by atoms with Crippen LogP contribution >= 0.6 is 0 Å². The highest BCUT2D eigenvalue weighted by Crippen LogP contribution is 2.38. The average molecular weight is 373 g/mol. The highest BCUT2D eigenvalue weighted by Gasteiger charge is 2.47. The zero-order valence-corrected chi connectivity index (χ0v) is 15.2. The van der Waals surface area contributed by atoms with Gasteiger partial charge in [-0.1, -0.05) is 12.1 Å². The van der Waals surface area contributed by atoms with Crippen LogP contribution < -0.4 is 10.1 Å². The fourth-order valence-corrected chi connectivity index (χ4v) is 3.22. The number of rotatable bonds is 5. The van der Waals surface area contributed by atoms with Gasteiger partial charge in [0, 0.05) is 19.2 Å². The highest BCUT2D eigenvalue weighted by atomic mass is 16.5. The van der Waals surface area contributed by atoms with Gasteiger partial charge in [-0.3, -0.25) is 4.79 Å². The van der Waals surface area contributed by atoms with Gasteiger partial charge >= 0.3 is 0 Å². The molecule has 1 amide bonds. The summed E-state index contributed by atoms with van der Waals surface area (Å²) in [6.07, 6.45) is -0.633. The molecule has 1 aromatic carbocycles. The average Bonchev–Trinajstić information content (AvgIpc) is 2.70. The Morgan fingerprint density at radius 2 is 2.22 bits per heavy atom. The highest BCUT2D eigenvalue weighted by molar-refractivity contribution is 5.92. The van der Waals surface area contributed by atoms with Crippen molar-refractivity contribution in [2.24, 2.45) is 0 Å². The van der Waals surface area contributed by atoms with Crippen molar-refractivity contribution in [2.45, 2.75) is 37.3 Å². The second-order valence-corrected chi connectivity index (χ2v) is 6.65. The van der Waals surface area contributed by atoms with Crippen LogP contribution in [0.5, 0.6) is 5.75 Å². The number of carbonyl (C=O) groups is 1. The number of nitrogens with zero attached hydrogens (tertiary/aromatic N) is 2. The van der Waals surface area contributed by atoms with E-state index in [4.69, 9.17) is 9.47 Å². The largest absolute Gasteiger partial charge is 0.497 e. The quantitative estimate of drug-likeness (QED) is 0.712. The van der Waals surface area contributed by atoms with Crippen molar-refractivity contribution in [3.05, 3.63) is 53.9 Å². The first-order chi connectivity index (χ1) is 12.9. The topological polar surface area (TPSA) is 114 Å². The first-order valence-electron chi connectivity index (χ1n) is 8.69. The van der Waals surface area contributed by atoms with E-state index in [2.05, 4.69) is 15.5 Å². The standard InChI is InChI=1S/C19H23N3O5/c1-12-17(23)19(25,11-20-18(24)15-7-4-8-21-22-15)10-16(27-12)13-5-3-6-14(9-13)26-2/h3-9,12,16-17,23,25H,10-11H2,1-2H3,(H,20,24)/t12-,16-,17-,19-/m1/s1. The van der Waals surface area contributed by atoms with E-state index in [-0.39, 0.29) is 18.7 Å². The molecule has 144 valence electrons. The fourth-order valence-electron chi connectivity index (χ4n) is 3.22. The van der Waals surface area contributed by atoms with Gasteiger partial charge in [0.2, 0.25) is 0 Å². The molecule has 0 unspecified atom stereocenters. The second-order valence-electron chi connectivity index (χ2n) is 6.65. The first kappa shape index (κ1) is 19.2. The predicted molar refractivity (Wildman–Crippen MR) is 96.2 cm³/mol. The molecule has 1 aromatic heterocycles. The summed E-state index contributed by atoms with van der Waals surface area (Å²) in [5.41, 5.74) is -0.588. The van der Waals surface area contributed by atoms with E-state index in [1.54, 1.807) is 20.1 Å². The number of ether oxygens (including phenoxy) is 2. The summed E-state index contributed by atoms with van der Waals surface area (Å²) in [5, 5.41) is 31.5. The molecule has 3 N–H and O–H groups in total. The molecule has 0 aliphatic carbocycles. The van der Waals surface area contributed by atoms with E-state index in [1.807, 2.05) is 24.3 Å². The van der Waals surface area contributed by atoms with E-state index in [0.717, 1.165) is 5.56 Å². The van der Waals surface area contributed by atoms with Gasteiger partial charge in [0.05, 0.1) is 19.3 Å². The Kier molecular flexibility index (Phi) is 5.69. The Morgan fingerprint density at radius 3 is 2.93 bits per heavy atom. The monoisotopic (exact) mass is 373 g/mol. The minimum absolute atomic E-state index is 0.117. The molecule has 1 saturated heterocycles. The van der Waals surface area contributed by atoms with Gasteiger partial charge in [0.25, 0.3) is 5.91 Å². The molecule has 0 bridgehead atoms. The van der Waals surface area contributed by atoms with Crippen LogP contribution in [0.3, 0.4) is 0 Å². The molecule has 0 saturated carbocycles. The fraction of sp³-hybridized carbons (Fsp3) is 0.421. The van der Waals surface area contributed by atoms with Crippen molar-refractivity contribution in [1.29, 1.82) is 0 Å². The summed E-state index contributed by atoms with van der Waals surface area (Å²) in [6.45, 7) is 1.55. The zero-order valence-electron chi connectivity index (χ0n) is 15.2. The molecule has 0 spiro atoms. The molecule has 0 radical (unpaired) electrons. The van der Waals surface area contributed by atoms with Crippen LogP contribution in [0.25, 0.3) is 0 Å². The van der Waals surface area contributed by atoms with Crippen LogP contribution in [0.2, 0.25) is 0 Å². The number of hydrogen-bond acceptors (Lipinski definition) is 7. The number of benzene rings is 1. The summed E-state index contributed by atoms with van der Waals surface area (Å²) in [6, 6.07) is 10.5. The Labute approximate surface area is 157 Å². The van der Waals surface area contributed by atoms with E-state index < -0.39 is 29.8 Å². The zero-order chi connectivity index (χ0) is 19.4. The molecule has 8 heteroatoms. The molecular formula is C19H23N3O5. The van der Waals surface area contributed by atoms with E-state index in [1.165, 1.54) is 12.3 Å². The molecule has 2 heterocycles. The van der Waals surface area contributed by atoms with Crippen LogP contribution in [0, 0.1) is 0 Å². The Balaban J connectivity index is 1.74. The molecule has 1 aliphatic rings. The molecule has 3 rings (SSSR count). The normalized spacial score (nSPS) is 27.8. The summed E-state index contributed by atoms with van der Waals surface area (Å²) >= 11 is 0.